The predicted octanol–water partition coefficient (Wildman–Crippen LogP) is 2.17. The first-order chi connectivity index (χ1) is 8.31. The molecule has 0 radical (unpaired) electrons. The number of aromatic nitrogens is 2. The average Bonchev–Trinajstić information content (AvgIpc) is 2.37. The van der Waals surface area contributed by atoms with Gasteiger partial charge in [-0.25, -0.2) is 0 Å². The van der Waals surface area contributed by atoms with Crippen LogP contribution >= 0.6 is 0 Å². The molecular formula is C13H18N4. The van der Waals surface area contributed by atoms with Crippen LogP contribution in [0.4, 0.5) is 5.69 Å². The molecule has 1 aromatic carbocycles. The normalized spacial score (nSPS) is 12.6. The van der Waals surface area contributed by atoms with Gasteiger partial charge in [0.1, 0.15) is 0 Å². The zero-order valence-electron chi connectivity index (χ0n) is 10.1. The fourth-order valence-electron chi connectivity index (χ4n) is 1.88. The van der Waals surface area contributed by atoms with E-state index in [1.807, 2.05) is 18.2 Å². The maximum Gasteiger partial charge on any atom is 0.0950 e. The van der Waals surface area contributed by atoms with Gasteiger partial charge in [0.05, 0.1) is 17.4 Å². The van der Waals surface area contributed by atoms with Crippen LogP contribution in [-0.4, -0.2) is 22.8 Å². The van der Waals surface area contributed by atoms with E-state index in [0.717, 1.165) is 36.0 Å². The highest BCUT2D eigenvalue weighted by atomic mass is 15.1. The van der Waals surface area contributed by atoms with Gasteiger partial charge in [-0.2, -0.15) is 10.2 Å². The summed E-state index contributed by atoms with van der Waals surface area (Å²) in [4.78, 5) is 0. The van der Waals surface area contributed by atoms with Crippen molar-refractivity contribution in [2.75, 3.05) is 11.9 Å². The van der Waals surface area contributed by atoms with Crippen LogP contribution in [0.15, 0.2) is 30.5 Å². The number of hydrogen-bond acceptors (Lipinski definition) is 4. The molecule has 1 heterocycles. The number of nitrogens with two attached hydrogens (primary N) is 1. The van der Waals surface area contributed by atoms with Crippen LogP contribution in [0.5, 0.6) is 0 Å². The zero-order valence-corrected chi connectivity index (χ0v) is 10.1. The van der Waals surface area contributed by atoms with Gasteiger partial charge >= 0.3 is 0 Å². The van der Waals surface area contributed by atoms with Crippen molar-refractivity contribution >= 4 is 16.6 Å². The number of hydrogen-bond donors (Lipinski definition) is 2. The van der Waals surface area contributed by atoms with E-state index in [9.17, 15) is 0 Å². The average molecular weight is 230 g/mol. The number of nitrogens with one attached hydrogen (secondary N) is 1. The Hall–Kier alpha value is -1.68. The van der Waals surface area contributed by atoms with E-state index >= 15 is 0 Å². The molecule has 1 unspecified atom stereocenters. The van der Waals surface area contributed by atoms with Crippen LogP contribution in [0.3, 0.4) is 0 Å². The van der Waals surface area contributed by atoms with Gasteiger partial charge in [-0.3, -0.25) is 0 Å². The van der Waals surface area contributed by atoms with Gasteiger partial charge in [0.2, 0.25) is 0 Å². The van der Waals surface area contributed by atoms with E-state index in [0.29, 0.717) is 6.04 Å². The molecule has 0 fully saturated rings. The molecule has 2 rings (SSSR count). The van der Waals surface area contributed by atoms with Gasteiger partial charge in [-0.05, 0) is 32.4 Å². The Bertz CT molecular complexity index is 478. The summed E-state index contributed by atoms with van der Waals surface area (Å²) >= 11 is 0. The molecule has 17 heavy (non-hydrogen) atoms. The third-order valence-electron chi connectivity index (χ3n) is 2.79. The summed E-state index contributed by atoms with van der Waals surface area (Å²) in [7, 11) is 0. The minimum atomic E-state index is 0.395. The van der Waals surface area contributed by atoms with Gasteiger partial charge < -0.3 is 11.1 Å². The molecule has 90 valence electrons. The minimum Gasteiger partial charge on any atom is -0.381 e. The summed E-state index contributed by atoms with van der Waals surface area (Å²) in [6.45, 7) is 2.90. The maximum atomic E-state index is 5.51. The Morgan fingerprint density at radius 2 is 2.18 bits per heavy atom. The zero-order chi connectivity index (χ0) is 12.1. The van der Waals surface area contributed by atoms with Crippen molar-refractivity contribution in [2.45, 2.75) is 25.8 Å². The number of nitrogens with zero attached hydrogens (tertiary/aromatic N) is 2. The van der Waals surface area contributed by atoms with E-state index < -0.39 is 0 Å². The third-order valence-corrected chi connectivity index (χ3v) is 2.79. The van der Waals surface area contributed by atoms with Crippen molar-refractivity contribution in [1.29, 1.82) is 0 Å². The lowest BCUT2D eigenvalue weighted by Gasteiger charge is -2.15. The van der Waals surface area contributed by atoms with Gasteiger partial charge in [0.25, 0.3) is 0 Å². The summed E-state index contributed by atoms with van der Waals surface area (Å²) in [5.41, 5.74) is 7.47. The van der Waals surface area contributed by atoms with E-state index in [1.165, 1.54) is 0 Å². The van der Waals surface area contributed by atoms with Crippen molar-refractivity contribution < 1.29 is 0 Å². The van der Waals surface area contributed by atoms with Crippen LogP contribution in [0.1, 0.15) is 19.8 Å². The Labute approximate surface area is 101 Å². The number of rotatable bonds is 5. The van der Waals surface area contributed by atoms with Gasteiger partial charge in [-0.15, -0.1) is 0 Å². The molecule has 0 aliphatic rings. The highest BCUT2D eigenvalue weighted by Gasteiger charge is 2.05. The molecule has 1 atom stereocenters. The quantitative estimate of drug-likeness (QED) is 0.826. The van der Waals surface area contributed by atoms with Crippen molar-refractivity contribution in [2.24, 2.45) is 5.73 Å². The third kappa shape index (κ3) is 2.91. The first kappa shape index (κ1) is 11.8. The fraction of sp³-hybridized carbons (Fsp3) is 0.385. The van der Waals surface area contributed by atoms with E-state index in [4.69, 9.17) is 5.73 Å². The Morgan fingerprint density at radius 3 is 3.00 bits per heavy atom. The van der Waals surface area contributed by atoms with Crippen LogP contribution in [-0.2, 0) is 0 Å². The van der Waals surface area contributed by atoms with E-state index in [2.05, 4.69) is 28.5 Å². The lowest BCUT2D eigenvalue weighted by molar-refractivity contribution is 0.663. The highest BCUT2D eigenvalue weighted by molar-refractivity contribution is 5.90. The second-order valence-corrected chi connectivity index (χ2v) is 4.25. The van der Waals surface area contributed by atoms with Crippen molar-refractivity contribution in [3.8, 4) is 0 Å². The van der Waals surface area contributed by atoms with Crippen molar-refractivity contribution in [3.63, 3.8) is 0 Å². The van der Waals surface area contributed by atoms with Gasteiger partial charge in [0, 0.05) is 11.4 Å². The number of anilines is 1. The molecule has 0 saturated heterocycles. The van der Waals surface area contributed by atoms with Crippen LogP contribution in [0.25, 0.3) is 10.9 Å². The van der Waals surface area contributed by atoms with Crippen molar-refractivity contribution in [3.05, 3.63) is 30.5 Å². The molecule has 0 spiro atoms. The van der Waals surface area contributed by atoms with Crippen molar-refractivity contribution in [1.82, 2.24) is 10.2 Å². The summed E-state index contributed by atoms with van der Waals surface area (Å²) < 4.78 is 0. The second kappa shape index (κ2) is 5.59. The molecular weight excluding hydrogens is 212 g/mol. The molecule has 0 bridgehead atoms. The van der Waals surface area contributed by atoms with E-state index in [1.54, 1.807) is 6.20 Å². The van der Waals surface area contributed by atoms with Crippen LogP contribution < -0.4 is 11.1 Å². The topological polar surface area (TPSA) is 63.8 Å². The molecule has 0 saturated carbocycles. The molecule has 4 nitrogen and oxygen atoms in total. The number of benzene rings is 1. The maximum absolute atomic E-state index is 5.51. The molecule has 4 heteroatoms. The highest BCUT2D eigenvalue weighted by Crippen LogP contribution is 2.20. The van der Waals surface area contributed by atoms with Crippen LogP contribution in [0.2, 0.25) is 0 Å². The molecule has 3 N–H and O–H groups in total. The summed E-state index contributed by atoms with van der Waals surface area (Å²) in [6, 6.07) is 8.41. The molecule has 1 aromatic heterocycles. The molecule has 2 aromatic rings. The predicted molar refractivity (Wildman–Crippen MR) is 70.9 cm³/mol. The largest absolute Gasteiger partial charge is 0.381 e. The standard InChI is InChI=1S/C13H18N4/c1-10(5-4-8-14)16-13-9-15-17-12-7-3-2-6-11(12)13/h2-3,6-7,9-10H,4-5,8,14H2,1H3,(H,16,17). The summed E-state index contributed by atoms with van der Waals surface area (Å²) in [5.74, 6) is 0. The number of fused-ring (bicyclic) bond motifs is 1. The van der Waals surface area contributed by atoms with Crippen LogP contribution in [0, 0.1) is 0 Å². The Kier molecular flexibility index (Phi) is 3.88. The fourth-order valence-corrected chi connectivity index (χ4v) is 1.88. The Balaban J connectivity index is 2.18. The lowest BCUT2D eigenvalue weighted by atomic mass is 10.1. The smallest absolute Gasteiger partial charge is 0.0950 e. The molecule has 0 aliphatic carbocycles. The van der Waals surface area contributed by atoms with Gasteiger partial charge in [-0.1, -0.05) is 18.2 Å². The molecule has 0 aliphatic heterocycles. The summed E-state index contributed by atoms with van der Waals surface area (Å²) in [6.07, 6.45) is 3.87. The first-order valence-corrected chi connectivity index (χ1v) is 5.98. The second-order valence-electron chi connectivity index (χ2n) is 4.25. The van der Waals surface area contributed by atoms with Gasteiger partial charge in [0.15, 0.2) is 0 Å². The summed E-state index contributed by atoms with van der Waals surface area (Å²) in [5, 5.41) is 12.7. The first-order valence-electron chi connectivity index (χ1n) is 5.98. The Morgan fingerprint density at radius 1 is 1.35 bits per heavy atom. The minimum absolute atomic E-state index is 0.395. The monoisotopic (exact) mass is 230 g/mol. The molecule has 0 amide bonds. The SMILES string of the molecule is CC(CCCN)Nc1cnnc2ccccc12. The lowest BCUT2D eigenvalue weighted by Crippen LogP contribution is -2.17. The van der Waals surface area contributed by atoms with E-state index in [-0.39, 0.29) is 0 Å².